The molecule has 3 rings (SSSR count). The zero-order valence-electron chi connectivity index (χ0n) is 20.1. The van der Waals surface area contributed by atoms with Crippen LogP contribution >= 0.6 is 0 Å². The predicted molar refractivity (Wildman–Crippen MR) is 137 cm³/mol. The Morgan fingerprint density at radius 2 is 1.79 bits per heavy atom. The minimum atomic E-state index is -3.99. The molecule has 0 bridgehead atoms. The maximum atomic E-state index is 13.7. The molecule has 1 atom stereocenters. The second-order valence-corrected chi connectivity index (χ2v) is 13.1. The Bertz CT molecular complexity index is 1130. The first kappa shape index (κ1) is 26.7. The van der Waals surface area contributed by atoms with Gasteiger partial charge in [0.1, 0.15) is 0 Å². The van der Waals surface area contributed by atoms with Gasteiger partial charge in [0.2, 0.25) is 0 Å². The summed E-state index contributed by atoms with van der Waals surface area (Å²) < 4.78 is 65.3. The van der Waals surface area contributed by atoms with Crippen LogP contribution in [-0.2, 0) is 29.3 Å². The molecule has 0 amide bonds. The molecular weight excluding hydrogens is 474 g/mol. The number of sulfonamides is 1. The standard InChI is InChI=1S/C25H35NO6S2/c1-5-20-6-8-22(9-7-20)26(17-19(2)3)34(29,30)23-10-11-24(25(16-23)33(4,27)28)32-18-21-12-14-31-15-13-21/h5-10,16,19,21,24H,1,11-15,17-18H2,2-4H3. The number of benzene rings is 1. The first-order valence-electron chi connectivity index (χ1n) is 11.6. The van der Waals surface area contributed by atoms with E-state index in [4.69, 9.17) is 9.47 Å². The summed E-state index contributed by atoms with van der Waals surface area (Å²) in [6.45, 7) is 9.65. The molecule has 1 aromatic carbocycles. The van der Waals surface area contributed by atoms with Crippen LogP contribution in [0.4, 0.5) is 5.69 Å². The van der Waals surface area contributed by atoms with E-state index in [1.54, 1.807) is 36.4 Å². The molecule has 0 N–H and O–H groups in total. The predicted octanol–water partition coefficient (Wildman–Crippen LogP) is 4.15. The van der Waals surface area contributed by atoms with Crippen LogP contribution in [0.25, 0.3) is 6.08 Å². The smallest absolute Gasteiger partial charge is 0.264 e. The summed E-state index contributed by atoms with van der Waals surface area (Å²) in [7, 11) is -7.66. The quantitative estimate of drug-likeness (QED) is 0.471. The Labute approximate surface area is 204 Å². The summed E-state index contributed by atoms with van der Waals surface area (Å²) in [5.74, 6) is 0.371. The Hall–Kier alpha value is -1.94. The SMILES string of the molecule is C=Cc1ccc(N(CC(C)C)S(=O)(=O)C2=CCC(OCC3CCOCC3)C(S(C)(=O)=O)=C2)cc1. The molecule has 1 aliphatic carbocycles. The number of allylic oxidation sites excluding steroid dienone is 1. The van der Waals surface area contributed by atoms with Crippen LogP contribution in [0.15, 0.2) is 52.8 Å². The average molecular weight is 510 g/mol. The van der Waals surface area contributed by atoms with Gasteiger partial charge in [-0.25, -0.2) is 16.8 Å². The molecule has 1 fully saturated rings. The van der Waals surface area contributed by atoms with Gasteiger partial charge in [-0.1, -0.05) is 44.7 Å². The Morgan fingerprint density at radius 1 is 1.15 bits per heavy atom. The maximum Gasteiger partial charge on any atom is 0.264 e. The van der Waals surface area contributed by atoms with Gasteiger partial charge in [0.05, 0.1) is 28.2 Å². The minimum Gasteiger partial charge on any atom is -0.381 e. The average Bonchev–Trinajstić information content (AvgIpc) is 2.81. The topological polar surface area (TPSA) is 90.0 Å². The van der Waals surface area contributed by atoms with Gasteiger partial charge in [-0.2, -0.15) is 0 Å². The molecule has 1 unspecified atom stereocenters. The highest BCUT2D eigenvalue weighted by Crippen LogP contribution is 2.32. The van der Waals surface area contributed by atoms with Crippen LogP contribution in [-0.4, -0.2) is 55.6 Å². The molecule has 0 spiro atoms. The molecule has 9 heteroatoms. The van der Waals surface area contributed by atoms with Gasteiger partial charge in [-0.3, -0.25) is 4.31 Å². The summed E-state index contributed by atoms with van der Waals surface area (Å²) in [5, 5.41) is 0. The Kier molecular flexibility index (Phi) is 8.78. The third-order valence-electron chi connectivity index (χ3n) is 5.97. The molecule has 1 heterocycles. The number of nitrogens with zero attached hydrogens (tertiary/aromatic N) is 1. The van der Waals surface area contributed by atoms with Crippen molar-refractivity contribution >= 4 is 31.6 Å². The van der Waals surface area contributed by atoms with Gasteiger partial charge in [-0.05, 0) is 54.9 Å². The van der Waals surface area contributed by atoms with Crippen molar-refractivity contribution in [3.63, 3.8) is 0 Å². The van der Waals surface area contributed by atoms with Crippen molar-refractivity contribution in [3.05, 3.63) is 58.4 Å². The first-order chi connectivity index (χ1) is 16.0. The lowest BCUT2D eigenvalue weighted by atomic mass is 10.0. The van der Waals surface area contributed by atoms with Crippen LogP contribution in [0.3, 0.4) is 0 Å². The van der Waals surface area contributed by atoms with E-state index < -0.39 is 26.0 Å². The van der Waals surface area contributed by atoms with Crippen molar-refractivity contribution in [2.24, 2.45) is 11.8 Å². The fraction of sp³-hybridized carbons (Fsp3) is 0.520. The van der Waals surface area contributed by atoms with Crippen LogP contribution in [0, 0.1) is 11.8 Å². The van der Waals surface area contributed by atoms with E-state index in [9.17, 15) is 16.8 Å². The van der Waals surface area contributed by atoms with Gasteiger partial charge in [0.25, 0.3) is 10.0 Å². The highest BCUT2D eigenvalue weighted by molar-refractivity contribution is 7.97. The van der Waals surface area contributed by atoms with Crippen molar-refractivity contribution in [2.45, 2.75) is 39.2 Å². The highest BCUT2D eigenvalue weighted by atomic mass is 32.2. The highest BCUT2D eigenvalue weighted by Gasteiger charge is 2.34. The zero-order chi connectivity index (χ0) is 24.9. The Morgan fingerprint density at radius 3 is 2.35 bits per heavy atom. The zero-order valence-corrected chi connectivity index (χ0v) is 21.8. The third-order valence-corrected chi connectivity index (χ3v) is 9.03. The van der Waals surface area contributed by atoms with Gasteiger partial charge in [0, 0.05) is 26.0 Å². The molecule has 1 aliphatic heterocycles. The molecule has 188 valence electrons. The van der Waals surface area contributed by atoms with E-state index in [0.717, 1.165) is 24.7 Å². The number of hydrogen-bond acceptors (Lipinski definition) is 6. The van der Waals surface area contributed by atoms with E-state index in [0.29, 0.717) is 31.4 Å². The molecule has 0 radical (unpaired) electrons. The van der Waals surface area contributed by atoms with Crippen LogP contribution in [0.5, 0.6) is 0 Å². The lowest BCUT2D eigenvalue weighted by Gasteiger charge is -2.30. The molecule has 0 aromatic heterocycles. The fourth-order valence-electron chi connectivity index (χ4n) is 4.05. The largest absolute Gasteiger partial charge is 0.381 e. The van der Waals surface area contributed by atoms with Crippen LogP contribution in [0.2, 0.25) is 0 Å². The van der Waals surface area contributed by atoms with E-state index >= 15 is 0 Å². The number of sulfone groups is 1. The van der Waals surface area contributed by atoms with Crippen molar-refractivity contribution in [2.75, 3.05) is 36.9 Å². The molecule has 1 saturated heterocycles. The van der Waals surface area contributed by atoms with Crippen molar-refractivity contribution in [3.8, 4) is 0 Å². The Balaban J connectivity index is 1.89. The van der Waals surface area contributed by atoms with Crippen molar-refractivity contribution < 1.29 is 26.3 Å². The summed E-state index contributed by atoms with van der Waals surface area (Å²) in [5.41, 5.74) is 1.40. The molecule has 0 saturated carbocycles. The summed E-state index contributed by atoms with van der Waals surface area (Å²) in [4.78, 5) is -0.0144. The van der Waals surface area contributed by atoms with Crippen molar-refractivity contribution in [1.82, 2.24) is 0 Å². The second-order valence-electron chi connectivity index (χ2n) is 9.26. The van der Waals surface area contributed by atoms with Gasteiger partial charge in [0.15, 0.2) is 9.84 Å². The minimum absolute atomic E-state index is 0.00661. The molecule has 7 nitrogen and oxygen atoms in total. The molecule has 34 heavy (non-hydrogen) atoms. The van der Waals surface area contributed by atoms with Gasteiger partial charge < -0.3 is 9.47 Å². The lowest BCUT2D eigenvalue weighted by molar-refractivity contribution is 0.00286. The monoisotopic (exact) mass is 509 g/mol. The van der Waals surface area contributed by atoms with E-state index in [-0.39, 0.29) is 28.7 Å². The van der Waals surface area contributed by atoms with Gasteiger partial charge >= 0.3 is 0 Å². The second kappa shape index (κ2) is 11.2. The number of rotatable bonds is 10. The summed E-state index contributed by atoms with van der Waals surface area (Å²) >= 11 is 0. The van der Waals surface area contributed by atoms with E-state index in [1.165, 1.54) is 10.4 Å². The van der Waals surface area contributed by atoms with Gasteiger partial charge in [-0.15, -0.1) is 0 Å². The van der Waals surface area contributed by atoms with Crippen molar-refractivity contribution in [1.29, 1.82) is 0 Å². The maximum absolute atomic E-state index is 13.7. The lowest BCUT2D eigenvalue weighted by Crippen LogP contribution is -2.36. The fourth-order valence-corrected chi connectivity index (χ4v) is 6.84. The van der Waals surface area contributed by atoms with E-state index in [1.807, 2.05) is 13.8 Å². The van der Waals surface area contributed by atoms with Crippen LogP contribution < -0.4 is 4.31 Å². The normalized spacial score (nSPS) is 20.1. The molecule has 2 aliphatic rings. The van der Waals surface area contributed by atoms with Crippen LogP contribution in [0.1, 0.15) is 38.7 Å². The molecular formula is C25H35NO6S2. The summed E-state index contributed by atoms with van der Waals surface area (Å²) in [6, 6.07) is 7.08. The third kappa shape index (κ3) is 6.59. The number of anilines is 1. The first-order valence-corrected chi connectivity index (χ1v) is 14.9. The van der Waals surface area contributed by atoms with E-state index in [2.05, 4.69) is 6.58 Å². The summed E-state index contributed by atoms with van der Waals surface area (Å²) in [6.07, 6.45) is 6.86. The number of hydrogen-bond donors (Lipinski definition) is 0. The number of ether oxygens (including phenoxy) is 2. The molecule has 1 aromatic rings.